The lowest BCUT2D eigenvalue weighted by Crippen LogP contribution is -2.23. The molecule has 0 aliphatic heterocycles. The van der Waals surface area contributed by atoms with Crippen molar-refractivity contribution in [3.8, 4) is 22.9 Å². The van der Waals surface area contributed by atoms with Gasteiger partial charge in [-0.15, -0.1) is 13.2 Å². The molecule has 6 nitrogen and oxygen atoms in total. The van der Waals surface area contributed by atoms with Crippen LogP contribution >= 0.6 is 0 Å². The summed E-state index contributed by atoms with van der Waals surface area (Å²) in [5.41, 5.74) is 3.55. The van der Waals surface area contributed by atoms with E-state index in [-0.39, 0.29) is 11.7 Å². The highest BCUT2D eigenvalue weighted by molar-refractivity contribution is 5.96. The lowest BCUT2D eigenvalue weighted by molar-refractivity contribution is -0.274. The van der Waals surface area contributed by atoms with E-state index in [1.165, 1.54) is 24.3 Å². The first-order chi connectivity index (χ1) is 14.2. The zero-order valence-corrected chi connectivity index (χ0v) is 16.0. The van der Waals surface area contributed by atoms with E-state index in [0.717, 1.165) is 6.08 Å². The number of alkyl halides is 3. The maximum atomic E-state index is 12.4. The fourth-order valence-electron chi connectivity index (χ4n) is 3.16. The quantitative estimate of drug-likeness (QED) is 0.622. The van der Waals surface area contributed by atoms with Gasteiger partial charge in [0.25, 0.3) is 0 Å². The zero-order chi connectivity index (χ0) is 21.9. The molecule has 0 aliphatic carbocycles. The minimum absolute atomic E-state index is 0.292. The molecule has 3 aromatic rings. The van der Waals surface area contributed by atoms with Crippen LogP contribution in [-0.2, 0) is 18.3 Å². The van der Waals surface area contributed by atoms with E-state index in [1.54, 1.807) is 24.0 Å². The molecular weight excluding hydrogens is 397 g/mol. The molecule has 0 atom stereocenters. The lowest BCUT2D eigenvalue weighted by Gasteiger charge is -2.13. The Kier molecular flexibility index (Phi) is 5.78. The molecule has 0 radical (unpaired) electrons. The van der Waals surface area contributed by atoms with Crippen LogP contribution in [0.15, 0.2) is 49.3 Å². The first-order valence-electron chi connectivity index (χ1n) is 8.87. The van der Waals surface area contributed by atoms with Gasteiger partial charge in [-0.3, -0.25) is 4.79 Å². The number of fused-ring (bicyclic) bond motifs is 1. The topological polar surface area (TPSA) is 79.9 Å². The third-order valence-electron chi connectivity index (χ3n) is 4.46. The Balaban J connectivity index is 2.05. The predicted octanol–water partition coefficient (Wildman–Crippen LogP) is 3.86. The first-order valence-corrected chi connectivity index (χ1v) is 8.87. The molecule has 0 saturated carbocycles. The Hall–Kier alpha value is -3.80. The van der Waals surface area contributed by atoms with Crippen LogP contribution in [0.3, 0.4) is 0 Å². The number of aromatic nitrogens is 2. The highest BCUT2D eigenvalue weighted by Gasteiger charge is 2.31. The van der Waals surface area contributed by atoms with Gasteiger partial charge in [0, 0.05) is 19.2 Å². The van der Waals surface area contributed by atoms with Crippen molar-refractivity contribution in [2.45, 2.75) is 12.8 Å². The molecule has 0 fully saturated rings. The molecule has 1 amide bonds. The number of halogens is 3. The van der Waals surface area contributed by atoms with Gasteiger partial charge >= 0.3 is 6.36 Å². The monoisotopic (exact) mass is 414 g/mol. The van der Waals surface area contributed by atoms with Crippen molar-refractivity contribution in [2.75, 3.05) is 6.54 Å². The lowest BCUT2D eigenvalue weighted by atomic mass is 9.95. The molecular formula is C21H17F3N4O2. The van der Waals surface area contributed by atoms with Crippen LogP contribution in [0.4, 0.5) is 13.2 Å². The Morgan fingerprint density at radius 1 is 1.37 bits per heavy atom. The molecule has 30 heavy (non-hydrogen) atoms. The summed E-state index contributed by atoms with van der Waals surface area (Å²) < 4.78 is 42.9. The average molecular weight is 414 g/mol. The standard InChI is InChI=1S/C21H17F3N4O2/c1-3-18(29)26-9-8-14-10-16(19-20(17(14)11-25)28(2)12-27-19)13-4-6-15(7-5-13)30-21(22,23)24/h3-7,10,12H,1,8-9H2,2H3,(H,26,29). The van der Waals surface area contributed by atoms with Crippen molar-refractivity contribution in [2.24, 2.45) is 7.05 Å². The summed E-state index contributed by atoms with van der Waals surface area (Å²) >= 11 is 0. The fraction of sp³-hybridized carbons (Fsp3) is 0.190. The summed E-state index contributed by atoms with van der Waals surface area (Å²) in [5.74, 6) is -0.653. The molecule has 0 aliphatic rings. The number of nitrogens with one attached hydrogen (secondary N) is 1. The highest BCUT2D eigenvalue weighted by Crippen LogP contribution is 2.34. The maximum Gasteiger partial charge on any atom is 0.573 e. The zero-order valence-electron chi connectivity index (χ0n) is 16.0. The van der Waals surface area contributed by atoms with Gasteiger partial charge in [-0.05, 0) is 41.8 Å². The molecule has 3 rings (SSSR count). The van der Waals surface area contributed by atoms with Gasteiger partial charge in [-0.1, -0.05) is 18.7 Å². The number of carbonyl (C=O) groups excluding carboxylic acids is 1. The van der Waals surface area contributed by atoms with Crippen molar-refractivity contribution in [1.29, 1.82) is 5.26 Å². The number of aryl methyl sites for hydroxylation is 1. The van der Waals surface area contributed by atoms with Gasteiger partial charge in [0.2, 0.25) is 5.91 Å². The average Bonchev–Trinajstić information content (AvgIpc) is 3.08. The molecule has 9 heteroatoms. The van der Waals surface area contributed by atoms with E-state index in [4.69, 9.17) is 0 Å². The highest BCUT2D eigenvalue weighted by atomic mass is 19.4. The van der Waals surface area contributed by atoms with E-state index in [0.29, 0.717) is 46.3 Å². The van der Waals surface area contributed by atoms with Crippen molar-refractivity contribution in [1.82, 2.24) is 14.9 Å². The normalized spacial score (nSPS) is 11.2. The van der Waals surface area contributed by atoms with Crippen LogP contribution in [0.5, 0.6) is 5.75 Å². The van der Waals surface area contributed by atoms with E-state index in [2.05, 4.69) is 27.7 Å². The van der Waals surface area contributed by atoms with Crippen LogP contribution in [0.25, 0.3) is 22.2 Å². The summed E-state index contributed by atoms with van der Waals surface area (Å²) in [4.78, 5) is 15.8. The number of benzene rings is 2. The Morgan fingerprint density at radius 2 is 2.07 bits per heavy atom. The molecule has 0 unspecified atom stereocenters. The second-order valence-electron chi connectivity index (χ2n) is 6.44. The summed E-state index contributed by atoms with van der Waals surface area (Å²) in [6, 6.07) is 9.41. The van der Waals surface area contributed by atoms with Crippen molar-refractivity contribution in [3.05, 3.63) is 60.4 Å². The number of rotatable bonds is 6. The van der Waals surface area contributed by atoms with Crippen LogP contribution in [-0.4, -0.2) is 28.4 Å². The smallest absolute Gasteiger partial charge is 0.406 e. The first kappa shape index (κ1) is 20.9. The van der Waals surface area contributed by atoms with E-state index >= 15 is 0 Å². The van der Waals surface area contributed by atoms with Gasteiger partial charge in [0.15, 0.2) is 0 Å². The number of amides is 1. The summed E-state index contributed by atoms with van der Waals surface area (Å²) in [6.45, 7) is 3.68. The predicted molar refractivity (Wildman–Crippen MR) is 104 cm³/mol. The molecule has 2 aromatic carbocycles. The van der Waals surface area contributed by atoms with Gasteiger partial charge in [0.1, 0.15) is 11.8 Å². The molecule has 154 valence electrons. The molecule has 1 N–H and O–H groups in total. The van der Waals surface area contributed by atoms with Gasteiger partial charge < -0.3 is 14.6 Å². The van der Waals surface area contributed by atoms with Gasteiger partial charge in [0.05, 0.1) is 22.9 Å². The second-order valence-corrected chi connectivity index (χ2v) is 6.44. The molecule has 0 saturated heterocycles. The summed E-state index contributed by atoms with van der Waals surface area (Å²) in [6.07, 6.45) is -1.66. The molecule has 1 heterocycles. The Morgan fingerprint density at radius 3 is 2.67 bits per heavy atom. The van der Waals surface area contributed by atoms with Crippen molar-refractivity contribution < 1.29 is 22.7 Å². The SMILES string of the molecule is C=CC(=O)NCCc1cc(-c2ccc(OC(F)(F)F)cc2)c2ncn(C)c2c1C#N. The van der Waals surface area contributed by atoms with Gasteiger partial charge in [-0.25, -0.2) is 4.98 Å². The van der Waals surface area contributed by atoms with E-state index < -0.39 is 6.36 Å². The second kappa shape index (κ2) is 8.29. The van der Waals surface area contributed by atoms with Crippen LogP contribution in [0.2, 0.25) is 0 Å². The largest absolute Gasteiger partial charge is 0.573 e. The Labute approximate surface area is 170 Å². The number of nitrogens with zero attached hydrogens (tertiary/aromatic N) is 3. The van der Waals surface area contributed by atoms with Crippen LogP contribution in [0.1, 0.15) is 11.1 Å². The molecule has 0 spiro atoms. The summed E-state index contributed by atoms with van der Waals surface area (Å²) in [7, 11) is 1.75. The van der Waals surface area contributed by atoms with Crippen LogP contribution in [0, 0.1) is 11.3 Å². The summed E-state index contributed by atoms with van der Waals surface area (Å²) in [5, 5.41) is 12.4. The molecule has 1 aromatic heterocycles. The fourth-order valence-corrected chi connectivity index (χ4v) is 3.16. The number of imidazole rings is 1. The molecule has 0 bridgehead atoms. The van der Waals surface area contributed by atoms with Gasteiger partial charge in [-0.2, -0.15) is 5.26 Å². The number of carbonyl (C=O) groups is 1. The third kappa shape index (κ3) is 4.43. The maximum absolute atomic E-state index is 12.4. The number of nitriles is 1. The number of hydrogen-bond donors (Lipinski definition) is 1. The van der Waals surface area contributed by atoms with E-state index in [1.807, 2.05) is 0 Å². The minimum atomic E-state index is -4.77. The van der Waals surface area contributed by atoms with Crippen molar-refractivity contribution >= 4 is 16.9 Å². The van der Waals surface area contributed by atoms with E-state index in [9.17, 15) is 23.2 Å². The van der Waals surface area contributed by atoms with Crippen molar-refractivity contribution in [3.63, 3.8) is 0 Å². The number of hydrogen-bond acceptors (Lipinski definition) is 4. The Bertz CT molecular complexity index is 1140. The number of ether oxygens (including phenoxy) is 1. The third-order valence-corrected chi connectivity index (χ3v) is 4.46. The van der Waals surface area contributed by atoms with Crippen LogP contribution < -0.4 is 10.1 Å². The minimum Gasteiger partial charge on any atom is -0.406 e.